The number of aryl methyl sites for hydroxylation is 1. The Morgan fingerprint density at radius 1 is 1.08 bits per heavy atom. The summed E-state index contributed by atoms with van der Waals surface area (Å²) in [4.78, 5) is 9.29. The fourth-order valence-corrected chi connectivity index (χ4v) is 3.58. The molecule has 3 aromatic heterocycles. The summed E-state index contributed by atoms with van der Waals surface area (Å²) in [7, 11) is 1.94. The van der Waals surface area contributed by atoms with E-state index in [1.165, 1.54) is 12.8 Å². The Labute approximate surface area is 151 Å². The molecule has 1 aromatic carbocycles. The van der Waals surface area contributed by atoms with Gasteiger partial charge in [0.25, 0.3) is 0 Å². The van der Waals surface area contributed by atoms with E-state index in [4.69, 9.17) is 9.40 Å². The predicted molar refractivity (Wildman–Crippen MR) is 97.2 cm³/mol. The van der Waals surface area contributed by atoms with Gasteiger partial charge in [-0.3, -0.25) is 4.68 Å². The first kappa shape index (κ1) is 15.1. The first-order valence-corrected chi connectivity index (χ1v) is 8.83. The van der Waals surface area contributed by atoms with Gasteiger partial charge in [0.1, 0.15) is 17.8 Å². The molecule has 0 saturated heterocycles. The molecule has 5 rings (SSSR count). The lowest BCUT2D eigenvalue weighted by molar-refractivity contribution is 0.466. The summed E-state index contributed by atoms with van der Waals surface area (Å²) in [5.74, 6) is 2.32. The lowest BCUT2D eigenvalue weighted by Crippen LogP contribution is -2.18. The summed E-state index contributed by atoms with van der Waals surface area (Å²) in [6.45, 7) is 0. The van der Waals surface area contributed by atoms with Crippen molar-refractivity contribution < 1.29 is 4.42 Å². The molecule has 0 radical (unpaired) electrons. The second-order valence-electron chi connectivity index (χ2n) is 6.72. The summed E-state index contributed by atoms with van der Waals surface area (Å²) < 4.78 is 9.84. The van der Waals surface area contributed by atoms with E-state index in [9.17, 15) is 0 Å². The van der Waals surface area contributed by atoms with Gasteiger partial charge in [0, 0.05) is 12.6 Å². The average molecular weight is 345 g/mol. The number of rotatable bonds is 5. The van der Waals surface area contributed by atoms with Crippen LogP contribution in [0.4, 0.5) is 0 Å². The molecule has 0 N–H and O–H groups in total. The number of imidazole rings is 1. The number of furan rings is 1. The average Bonchev–Trinajstić information content (AvgIpc) is 3.04. The zero-order chi connectivity index (χ0) is 17.5. The minimum Gasteiger partial charge on any atom is -0.463 e. The molecule has 0 amide bonds. The first-order valence-electron chi connectivity index (χ1n) is 8.83. The Bertz CT molecular complexity index is 1010. The first-order chi connectivity index (χ1) is 12.8. The van der Waals surface area contributed by atoms with Crippen LogP contribution >= 0.6 is 0 Å². The van der Waals surface area contributed by atoms with E-state index < -0.39 is 0 Å². The van der Waals surface area contributed by atoms with Gasteiger partial charge in [-0.25, -0.2) is 9.97 Å². The van der Waals surface area contributed by atoms with Gasteiger partial charge >= 0.3 is 0 Å². The van der Waals surface area contributed by atoms with E-state index in [1.807, 2.05) is 48.4 Å². The molecule has 0 bridgehead atoms. The standard InChI is InChI=1S/C20H19N5O/c1-24-20(21-12-23-24)18(15-9-10-15)25-13-22-17(14-6-3-2-4-7-14)19(25)16-8-5-11-26-16/h2-8,11-13,15,18H,9-10H2,1H3. The number of benzene rings is 1. The third-order valence-electron chi connectivity index (χ3n) is 4.97. The van der Waals surface area contributed by atoms with Crippen molar-refractivity contribution in [2.24, 2.45) is 13.0 Å². The lowest BCUT2D eigenvalue weighted by Gasteiger charge is -2.19. The van der Waals surface area contributed by atoms with E-state index in [1.54, 1.807) is 12.6 Å². The Morgan fingerprint density at radius 2 is 1.92 bits per heavy atom. The highest BCUT2D eigenvalue weighted by Gasteiger charge is 2.38. The Hall–Kier alpha value is -3.15. The summed E-state index contributed by atoms with van der Waals surface area (Å²) in [6, 6.07) is 14.2. The number of nitrogens with zero attached hydrogens (tertiary/aromatic N) is 5. The number of aromatic nitrogens is 5. The van der Waals surface area contributed by atoms with Crippen molar-refractivity contribution in [3.05, 3.63) is 67.2 Å². The van der Waals surface area contributed by atoms with Crippen molar-refractivity contribution in [3.8, 4) is 22.7 Å². The fourth-order valence-electron chi connectivity index (χ4n) is 3.58. The molecule has 26 heavy (non-hydrogen) atoms. The van der Waals surface area contributed by atoms with Gasteiger partial charge in [0.05, 0.1) is 24.3 Å². The smallest absolute Gasteiger partial charge is 0.152 e. The van der Waals surface area contributed by atoms with Gasteiger partial charge in [-0.15, -0.1) is 0 Å². The van der Waals surface area contributed by atoms with Gasteiger partial charge in [-0.2, -0.15) is 5.10 Å². The zero-order valence-electron chi connectivity index (χ0n) is 14.5. The Morgan fingerprint density at radius 3 is 2.58 bits per heavy atom. The molecular weight excluding hydrogens is 326 g/mol. The van der Waals surface area contributed by atoms with E-state index in [0.29, 0.717) is 5.92 Å². The maximum atomic E-state index is 5.77. The van der Waals surface area contributed by atoms with Crippen molar-refractivity contribution in [2.45, 2.75) is 18.9 Å². The second kappa shape index (κ2) is 5.98. The third-order valence-corrected chi connectivity index (χ3v) is 4.97. The molecular formula is C20H19N5O. The van der Waals surface area contributed by atoms with Gasteiger partial charge < -0.3 is 8.98 Å². The van der Waals surface area contributed by atoms with Crippen LogP contribution in [0.5, 0.6) is 0 Å². The van der Waals surface area contributed by atoms with Gasteiger partial charge in [0.15, 0.2) is 5.76 Å². The summed E-state index contributed by atoms with van der Waals surface area (Å²) >= 11 is 0. The molecule has 3 heterocycles. The van der Waals surface area contributed by atoms with Crippen molar-refractivity contribution in [1.82, 2.24) is 24.3 Å². The molecule has 4 aromatic rings. The summed E-state index contributed by atoms with van der Waals surface area (Å²) in [5.41, 5.74) is 2.99. The summed E-state index contributed by atoms with van der Waals surface area (Å²) in [5, 5.41) is 4.28. The Kier molecular flexibility index (Phi) is 3.48. The molecule has 6 heteroatoms. The molecule has 130 valence electrons. The topological polar surface area (TPSA) is 61.7 Å². The largest absolute Gasteiger partial charge is 0.463 e. The fraction of sp³-hybridized carbons (Fsp3) is 0.250. The highest BCUT2D eigenvalue weighted by Crippen LogP contribution is 2.45. The molecule has 1 aliphatic carbocycles. The van der Waals surface area contributed by atoms with Crippen molar-refractivity contribution >= 4 is 0 Å². The Balaban J connectivity index is 1.72. The number of hydrogen-bond donors (Lipinski definition) is 0. The normalized spacial score (nSPS) is 15.3. The zero-order valence-corrected chi connectivity index (χ0v) is 14.5. The maximum Gasteiger partial charge on any atom is 0.152 e. The second-order valence-corrected chi connectivity index (χ2v) is 6.72. The van der Waals surface area contributed by atoms with Gasteiger partial charge in [-0.05, 0) is 30.9 Å². The van der Waals surface area contributed by atoms with Crippen LogP contribution in [0.1, 0.15) is 24.7 Å². The van der Waals surface area contributed by atoms with Crippen LogP contribution in [0.2, 0.25) is 0 Å². The minimum absolute atomic E-state index is 0.104. The summed E-state index contributed by atoms with van der Waals surface area (Å²) in [6.07, 6.45) is 7.61. The molecule has 6 nitrogen and oxygen atoms in total. The van der Waals surface area contributed by atoms with Crippen molar-refractivity contribution in [2.75, 3.05) is 0 Å². The van der Waals surface area contributed by atoms with Crippen LogP contribution in [0.25, 0.3) is 22.7 Å². The van der Waals surface area contributed by atoms with Gasteiger partial charge in [0.2, 0.25) is 0 Å². The van der Waals surface area contributed by atoms with Gasteiger partial charge in [-0.1, -0.05) is 30.3 Å². The predicted octanol–water partition coefficient (Wildman–Crippen LogP) is 3.94. The van der Waals surface area contributed by atoms with Crippen molar-refractivity contribution in [1.29, 1.82) is 0 Å². The highest BCUT2D eigenvalue weighted by molar-refractivity contribution is 5.76. The van der Waals surface area contributed by atoms with Crippen LogP contribution in [-0.2, 0) is 7.05 Å². The van der Waals surface area contributed by atoms with Crippen LogP contribution in [-0.4, -0.2) is 24.3 Å². The highest BCUT2D eigenvalue weighted by atomic mass is 16.3. The number of hydrogen-bond acceptors (Lipinski definition) is 4. The quantitative estimate of drug-likeness (QED) is 0.550. The van der Waals surface area contributed by atoms with E-state index in [-0.39, 0.29) is 6.04 Å². The molecule has 0 aliphatic heterocycles. The van der Waals surface area contributed by atoms with E-state index in [2.05, 4.69) is 26.8 Å². The third kappa shape index (κ3) is 2.45. The molecule has 1 aliphatic rings. The lowest BCUT2D eigenvalue weighted by atomic mass is 10.1. The van der Waals surface area contributed by atoms with E-state index >= 15 is 0 Å². The minimum atomic E-state index is 0.104. The molecule has 1 atom stereocenters. The van der Waals surface area contributed by atoms with Crippen LogP contribution in [0, 0.1) is 5.92 Å². The molecule has 0 spiro atoms. The maximum absolute atomic E-state index is 5.77. The SMILES string of the molecule is Cn1ncnc1C(C1CC1)n1cnc(-c2ccccc2)c1-c1ccco1. The molecule has 1 unspecified atom stereocenters. The molecule has 1 saturated carbocycles. The molecule has 1 fully saturated rings. The monoisotopic (exact) mass is 345 g/mol. The van der Waals surface area contributed by atoms with Crippen molar-refractivity contribution in [3.63, 3.8) is 0 Å². The van der Waals surface area contributed by atoms with Crippen LogP contribution in [0.15, 0.2) is 65.8 Å². The van der Waals surface area contributed by atoms with Crippen LogP contribution < -0.4 is 0 Å². The van der Waals surface area contributed by atoms with E-state index in [0.717, 1.165) is 28.5 Å². The van der Waals surface area contributed by atoms with Crippen LogP contribution in [0.3, 0.4) is 0 Å².